The van der Waals surface area contributed by atoms with Crippen LogP contribution in [0.2, 0.25) is 0 Å². The second-order valence-electron chi connectivity index (χ2n) is 6.52. The van der Waals surface area contributed by atoms with Crippen molar-refractivity contribution < 1.29 is 4.74 Å². The Hall–Kier alpha value is -1.06. The fraction of sp³-hybridized carbons (Fsp3) is 0.667. The van der Waals surface area contributed by atoms with Gasteiger partial charge in [-0.15, -0.1) is 0 Å². The third-order valence-corrected chi connectivity index (χ3v) is 4.96. The Balaban J connectivity index is 1.49. The summed E-state index contributed by atoms with van der Waals surface area (Å²) in [4.78, 5) is 2.70. The minimum absolute atomic E-state index is 0.464. The van der Waals surface area contributed by atoms with Crippen molar-refractivity contribution in [3.05, 3.63) is 29.8 Å². The number of likely N-dealkylation sites (tertiary alicyclic amines) is 1. The summed E-state index contributed by atoms with van der Waals surface area (Å²) in [6.07, 6.45) is 5.36. The number of hydrogen-bond acceptors (Lipinski definition) is 3. The molecule has 1 saturated heterocycles. The first kappa shape index (κ1) is 14.9. The molecule has 21 heavy (non-hydrogen) atoms. The zero-order valence-corrected chi connectivity index (χ0v) is 13.3. The van der Waals surface area contributed by atoms with E-state index in [9.17, 15) is 0 Å². The van der Waals surface area contributed by atoms with Crippen LogP contribution in [-0.2, 0) is 0 Å². The number of ether oxygens (including phenoxy) is 1. The van der Waals surface area contributed by atoms with E-state index >= 15 is 0 Å². The molecule has 2 aliphatic rings. The highest BCUT2D eigenvalue weighted by atomic mass is 16.5. The SMILES string of the molecule is CCC(NCC1CCN(C2CC2)C1)c1ccc(OC)cc1. The van der Waals surface area contributed by atoms with Gasteiger partial charge in [0.25, 0.3) is 0 Å². The molecule has 2 fully saturated rings. The molecule has 2 unspecified atom stereocenters. The first-order valence-electron chi connectivity index (χ1n) is 8.41. The van der Waals surface area contributed by atoms with Crippen LogP contribution in [-0.4, -0.2) is 37.7 Å². The number of rotatable bonds is 7. The van der Waals surface area contributed by atoms with Gasteiger partial charge in [0.1, 0.15) is 5.75 Å². The van der Waals surface area contributed by atoms with Gasteiger partial charge in [0.15, 0.2) is 0 Å². The van der Waals surface area contributed by atoms with Crippen LogP contribution in [0, 0.1) is 5.92 Å². The highest BCUT2D eigenvalue weighted by Gasteiger charge is 2.34. The summed E-state index contributed by atoms with van der Waals surface area (Å²) >= 11 is 0. The summed E-state index contributed by atoms with van der Waals surface area (Å²) in [7, 11) is 1.72. The van der Waals surface area contributed by atoms with Gasteiger partial charge in [0, 0.05) is 18.6 Å². The second-order valence-corrected chi connectivity index (χ2v) is 6.52. The molecule has 1 N–H and O–H groups in total. The molecule has 3 rings (SSSR count). The van der Waals surface area contributed by atoms with Crippen LogP contribution in [0.25, 0.3) is 0 Å². The second kappa shape index (κ2) is 6.80. The fourth-order valence-corrected chi connectivity index (χ4v) is 3.44. The van der Waals surface area contributed by atoms with E-state index in [1.807, 2.05) is 0 Å². The van der Waals surface area contributed by atoms with Crippen LogP contribution in [0.5, 0.6) is 5.75 Å². The van der Waals surface area contributed by atoms with Crippen LogP contribution in [0.3, 0.4) is 0 Å². The molecule has 1 saturated carbocycles. The Morgan fingerprint density at radius 2 is 2.00 bits per heavy atom. The first-order chi connectivity index (χ1) is 10.3. The third-order valence-electron chi connectivity index (χ3n) is 4.96. The molecule has 1 aliphatic heterocycles. The van der Waals surface area contributed by atoms with E-state index < -0.39 is 0 Å². The molecule has 3 heteroatoms. The molecule has 0 amide bonds. The maximum absolute atomic E-state index is 5.24. The van der Waals surface area contributed by atoms with Crippen molar-refractivity contribution in [2.75, 3.05) is 26.7 Å². The molecule has 0 radical (unpaired) electrons. The number of nitrogens with one attached hydrogen (secondary N) is 1. The van der Waals surface area contributed by atoms with Gasteiger partial charge < -0.3 is 15.0 Å². The van der Waals surface area contributed by atoms with Gasteiger partial charge in [-0.1, -0.05) is 19.1 Å². The van der Waals surface area contributed by atoms with Gasteiger partial charge in [-0.2, -0.15) is 0 Å². The topological polar surface area (TPSA) is 24.5 Å². The van der Waals surface area contributed by atoms with Gasteiger partial charge in [-0.25, -0.2) is 0 Å². The van der Waals surface area contributed by atoms with Crippen LogP contribution >= 0.6 is 0 Å². The predicted molar refractivity (Wildman–Crippen MR) is 86.7 cm³/mol. The zero-order valence-electron chi connectivity index (χ0n) is 13.3. The maximum Gasteiger partial charge on any atom is 0.118 e. The van der Waals surface area contributed by atoms with Crippen LogP contribution in [0.1, 0.15) is 44.2 Å². The standard InChI is InChI=1S/C18H28N2O/c1-3-18(15-4-8-17(21-2)9-5-15)19-12-14-10-11-20(13-14)16-6-7-16/h4-5,8-9,14,16,18-19H,3,6-7,10-13H2,1-2H3. The molecular weight excluding hydrogens is 260 g/mol. The molecule has 2 atom stereocenters. The van der Waals surface area contributed by atoms with Crippen molar-refractivity contribution in [3.63, 3.8) is 0 Å². The minimum Gasteiger partial charge on any atom is -0.497 e. The van der Waals surface area contributed by atoms with Crippen molar-refractivity contribution in [2.45, 2.75) is 44.7 Å². The highest BCUT2D eigenvalue weighted by Crippen LogP contribution is 2.31. The van der Waals surface area contributed by atoms with E-state index in [-0.39, 0.29) is 0 Å². The number of methoxy groups -OCH3 is 1. The summed E-state index contributed by atoms with van der Waals surface area (Å²) in [6.45, 7) is 6.02. The van der Waals surface area contributed by atoms with E-state index in [0.29, 0.717) is 6.04 Å². The average Bonchev–Trinajstić information content (AvgIpc) is 3.28. The first-order valence-corrected chi connectivity index (χ1v) is 8.41. The monoisotopic (exact) mass is 288 g/mol. The Morgan fingerprint density at radius 1 is 1.24 bits per heavy atom. The molecule has 1 aliphatic carbocycles. The molecule has 1 aromatic carbocycles. The maximum atomic E-state index is 5.24. The Kier molecular flexibility index (Phi) is 4.81. The van der Waals surface area contributed by atoms with E-state index in [0.717, 1.165) is 30.7 Å². The Morgan fingerprint density at radius 3 is 2.62 bits per heavy atom. The summed E-state index contributed by atoms with van der Waals surface area (Å²) in [6, 6.07) is 9.88. The Bertz CT molecular complexity index is 441. The minimum atomic E-state index is 0.464. The molecule has 0 spiro atoms. The van der Waals surface area contributed by atoms with E-state index in [1.54, 1.807) is 7.11 Å². The van der Waals surface area contributed by atoms with E-state index in [2.05, 4.69) is 41.4 Å². The molecule has 0 aromatic heterocycles. The normalized spacial score (nSPS) is 24.2. The highest BCUT2D eigenvalue weighted by molar-refractivity contribution is 5.29. The van der Waals surface area contributed by atoms with Gasteiger partial charge in [0.2, 0.25) is 0 Å². The van der Waals surface area contributed by atoms with E-state index in [4.69, 9.17) is 4.74 Å². The Labute approximate surface area is 128 Å². The van der Waals surface area contributed by atoms with Crippen molar-refractivity contribution >= 4 is 0 Å². The van der Waals surface area contributed by atoms with Gasteiger partial charge in [0.05, 0.1) is 7.11 Å². The van der Waals surface area contributed by atoms with Crippen molar-refractivity contribution in [1.82, 2.24) is 10.2 Å². The lowest BCUT2D eigenvalue weighted by molar-refractivity contribution is 0.309. The summed E-state index contributed by atoms with van der Waals surface area (Å²) in [5, 5.41) is 3.78. The molecule has 1 heterocycles. The number of hydrogen-bond donors (Lipinski definition) is 1. The zero-order chi connectivity index (χ0) is 14.7. The summed E-state index contributed by atoms with van der Waals surface area (Å²) in [5.41, 5.74) is 1.37. The van der Waals surface area contributed by atoms with Crippen LogP contribution in [0.4, 0.5) is 0 Å². The third kappa shape index (κ3) is 3.78. The predicted octanol–water partition coefficient (Wildman–Crippen LogP) is 3.22. The van der Waals surface area contributed by atoms with E-state index in [1.165, 1.54) is 37.9 Å². The van der Waals surface area contributed by atoms with Crippen molar-refractivity contribution in [3.8, 4) is 5.75 Å². The van der Waals surface area contributed by atoms with Crippen molar-refractivity contribution in [1.29, 1.82) is 0 Å². The lowest BCUT2D eigenvalue weighted by Gasteiger charge is -2.21. The van der Waals surface area contributed by atoms with Gasteiger partial charge in [-0.05, 0) is 62.4 Å². The lowest BCUT2D eigenvalue weighted by atomic mass is 10.0. The number of benzene rings is 1. The summed E-state index contributed by atoms with van der Waals surface area (Å²) < 4.78 is 5.24. The smallest absolute Gasteiger partial charge is 0.118 e. The van der Waals surface area contributed by atoms with Crippen LogP contribution in [0.15, 0.2) is 24.3 Å². The quantitative estimate of drug-likeness (QED) is 0.834. The molecule has 1 aromatic rings. The van der Waals surface area contributed by atoms with Crippen molar-refractivity contribution in [2.24, 2.45) is 5.92 Å². The number of nitrogens with zero attached hydrogens (tertiary/aromatic N) is 1. The van der Waals surface area contributed by atoms with Gasteiger partial charge >= 0.3 is 0 Å². The lowest BCUT2D eigenvalue weighted by Crippen LogP contribution is -2.30. The van der Waals surface area contributed by atoms with Gasteiger partial charge in [-0.3, -0.25) is 0 Å². The molecule has 0 bridgehead atoms. The fourth-order valence-electron chi connectivity index (χ4n) is 3.44. The molecular formula is C18H28N2O. The largest absolute Gasteiger partial charge is 0.497 e. The van der Waals surface area contributed by atoms with Crippen LogP contribution < -0.4 is 10.1 Å². The molecule has 116 valence electrons. The summed E-state index contributed by atoms with van der Waals surface area (Å²) in [5.74, 6) is 1.77. The molecule has 3 nitrogen and oxygen atoms in total. The average molecular weight is 288 g/mol.